The molecule has 1 aromatic rings. The van der Waals surface area contributed by atoms with Crippen LogP contribution < -0.4 is 10.2 Å². The van der Waals surface area contributed by atoms with Gasteiger partial charge in [-0.1, -0.05) is 6.07 Å². The Morgan fingerprint density at radius 2 is 1.61 bits per heavy atom. The predicted octanol–water partition coefficient (Wildman–Crippen LogP) is 0.636. The first-order valence-electron chi connectivity index (χ1n) is 9.95. The maximum atomic E-state index is 13.3. The summed E-state index contributed by atoms with van der Waals surface area (Å²) in [5.74, 6) is 0. The minimum atomic E-state index is -3.51. The Morgan fingerprint density at radius 3 is 2.11 bits per heavy atom. The van der Waals surface area contributed by atoms with Gasteiger partial charge in [-0.3, -0.25) is 0 Å². The van der Waals surface area contributed by atoms with E-state index >= 15 is 0 Å². The molecule has 0 aliphatic carbocycles. The number of hydrogen-bond acceptors (Lipinski definition) is 3. The van der Waals surface area contributed by atoms with Crippen molar-refractivity contribution in [3.63, 3.8) is 0 Å². The van der Waals surface area contributed by atoms with Gasteiger partial charge in [-0.05, 0) is 62.2 Å². The molecule has 1 fully saturated rings. The van der Waals surface area contributed by atoms with Gasteiger partial charge in [-0.25, -0.2) is 8.42 Å². The van der Waals surface area contributed by atoms with E-state index < -0.39 is 10.0 Å². The minimum Gasteiger partial charge on any atom is -0.362 e. The summed E-state index contributed by atoms with van der Waals surface area (Å²) >= 11 is 5.49. The fourth-order valence-electron chi connectivity index (χ4n) is 3.58. The molecule has 0 radical (unpaired) electrons. The highest BCUT2D eigenvalue weighted by Crippen LogP contribution is 2.29. The van der Waals surface area contributed by atoms with Gasteiger partial charge in [0.1, 0.15) is 0 Å². The van der Waals surface area contributed by atoms with E-state index in [1.807, 2.05) is 27.7 Å². The lowest BCUT2D eigenvalue weighted by atomic mass is 10.0. The van der Waals surface area contributed by atoms with Gasteiger partial charge in [0.2, 0.25) is 10.0 Å². The molecule has 0 atom stereocenters. The Hall–Kier alpha value is -1.22. The van der Waals surface area contributed by atoms with Crippen LogP contribution in [0.1, 0.15) is 28.7 Å². The number of thiocarbonyl (C=S) groups is 1. The van der Waals surface area contributed by atoms with Crippen LogP contribution in [0.5, 0.6) is 0 Å². The van der Waals surface area contributed by atoms with Gasteiger partial charge in [-0.2, -0.15) is 4.31 Å². The van der Waals surface area contributed by atoms with Crippen molar-refractivity contribution in [3.05, 3.63) is 28.3 Å². The van der Waals surface area contributed by atoms with Gasteiger partial charge in [0.15, 0.2) is 5.11 Å². The number of sulfonamides is 1. The van der Waals surface area contributed by atoms with Crippen molar-refractivity contribution >= 4 is 27.4 Å². The first kappa shape index (κ1) is 23.1. The zero-order chi connectivity index (χ0) is 21.1. The van der Waals surface area contributed by atoms with Crippen molar-refractivity contribution in [2.45, 2.75) is 39.0 Å². The van der Waals surface area contributed by atoms with Crippen molar-refractivity contribution in [1.82, 2.24) is 14.5 Å². The monoisotopic (exact) mass is 427 g/mol. The van der Waals surface area contributed by atoms with Crippen molar-refractivity contribution in [1.29, 1.82) is 0 Å². The molecule has 0 spiro atoms. The van der Waals surface area contributed by atoms with E-state index in [4.69, 9.17) is 12.2 Å². The summed E-state index contributed by atoms with van der Waals surface area (Å²) in [5, 5.41) is 4.03. The second kappa shape index (κ2) is 9.52. The molecule has 1 aliphatic heterocycles. The number of nitrogens with zero attached hydrogens (tertiary/aromatic N) is 2. The molecule has 0 saturated carbocycles. The maximum absolute atomic E-state index is 13.3. The van der Waals surface area contributed by atoms with Gasteiger partial charge in [-0.15, -0.1) is 0 Å². The van der Waals surface area contributed by atoms with Crippen LogP contribution >= 0.6 is 12.2 Å². The van der Waals surface area contributed by atoms with Gasteiger partial charge >= 0.3 is 0 Å². The van der Waals surface area contributed by atoms with Gasteiger partial charge in [0.25, 0.3) is 0 Å². The molecule has 1 heterocycles. The molecule has 1 aromatic carbocycles. The van der Waals surface area contributed by atoms with Crippen LogP contribution in [0.4, 0.5) is 0 Å². The third-order valence-electron chi connectivity index (χ3n) is 5.55. The number of nitrogens with one attached hydrogen (secondary N) is 2. The minimum absolute atomic E-state index is 0.456. The normalized spacial score (nSPS) is 15.9. The summed E-state index contributed by atoms with van der Waals surface area (Å²) in [6, 6.07) is 2.06. The maximum Gasteiger partial charge on any atom is 0.243 e. The van der Waals surface area contributed by atoms with Crippen molar-refractivity contribution in [2.24, 2.45) is 0 Å². The van der Waals surface area contributed by atoms with E-state index in [0.717, 1.165) is 46.9 Å². The molecular weight excluding hydrogens is 392 g/mol. The summed E-state index contributed by atoms with van der Waals surface area (Å²) in [6.07, 6.45) is 1.06. The van der Waals surface area contributed by atoms with Crippen LogP contribution in [0.3, 0.4) is 0 Å². The van der Waals surface area contributed by atoms with Crippen LogP contribution in [0.25, 0.3) is 0 Å². The topological polar surface area (TPSA) is 57.1 Å². The second-order valence-electron chi connectivity index (χ2n) is 8.02. The molecule has 1 saturated heterocycles. The van der Waals surface area contributed by atoms with E-state index in [1.54, 1.807) is 4.31 Å². The molecule has 158 valence electrons. The highest BCUT2D eigenvalue weighted by molar-refractivity contribution is 7.89. The molecule has 6 nitrogen and oxygen atoms in total. The highest BCUT2D eigenvalue weighted by Gasteiger charge is 2.32. The van der Waals surface area contributed by atoms with Crippen LogP contribution in [0.2, 0.25) is 0 Å². The Labute approximate surface area is 175 Å². The van der Waals surface area contributed by atoms with E-state index in [9.17, 15) is 8.42 Å². The summed E-state index contributed by atoms with van der Waals surface area (Å²) in [4.78, 5) is 3.97. The van der Waals surface area contributed by atoms with Crippen molar-refractivity contribution in [2.75, 3.05) is 53.4 Å². The number of quaternary nitrogens is 1. The average Bonchev–Trinajstić information content (AvgIpc) is 2.63. The average molecular weight is 428 g/mol. The molecular formula is C20H35N4O2S2+. The summed E-state index contributed by atoms with van der Waals surface area (Å²) in [6.45, 7) is 11.8. The van der Waals surface area contributed by atoms with E-state index in [0.29, 0.717) is 31.1 Å². The molecule has 0 bridgehead atoms. The lowest BCUT2D eigenvalue weighted by Gasteiger charge is -2.36. The standard InChI is InChI=1S/C20H34N4O2S2/c1-15-14-16(2)18(4)19(17(15)3)28(25,26)24-12-10-23(11-13-24)20(27)21-8-7-9-22(5)6/h14H,7-13H2,1-6H3,(H,21,27)/p+1. The molecule has 2 N–H and O–H groups in total. The van der Waals surface area contributed by atoms with E-state index in [1.165, 1.54) is 4.90 Å². The van der Waals surface area contributed by atoms with Crippen LogP contribution in [-0.4, -0.2) is 76.1 Å². The zero-order valence-electron chi connectivity index (χ0n) is 18.1. The van der Waals surface area contributed by atoms with Gasteiger partial charge in [0.05, 0.1) is 25.5 Å². The number of piperazine rings is 1. The van der Waals surface area contributed by atoms with Crippen molar-refractivity contribution < 1.29 is 13.3 Å². The lowest BCUT2D eigenvalue weighted by Crippen LogP contribution is -3.05. The predicted molar refractivity (Wildman–Crippen MR) is 119 cm³/mol. The first-order chi connectivity index (χ1) is 13.1. The van der Waals surface area contributed by atoms with Crippen LogP contribution in [0, 0.1) is 27.7 Å². The second-order valence-corrected chi connectivity index (χ2v) is 10.3. The number of hydrogen-bond donors (Lipinski definition) is 2. The van der Waals surface area contributed by atoms with Crippen LogP contribution in [0.15, 0.2) is 11.0 Å². The molecule has 2 rings (SSSR count). The Morgan fingerprint density at radius 1 is 1.07 bits per heavy atom. The fraction of sp³-hybridized carbons (Fsp3) is 0.650. The third kappa shape index (κ3) is 5.23. The Balaban J connectivity index is 2.02. The van der Waals surface area contributed by atoms with E-state index in [2.05, 4.69) is 30.4 Å². The van der Waals surface area contributed by atoms with Gasteiger partial charge < -0.3 is 15.1 Å². The summed E-state index contributed by atoms with van der Waals surface area (Å²) in [5.41, 5.74) is 3.74. The summed E-state index contributed by atoms with van der Waals surface area (Å²) in [7, 11) is 0.764. The lowest BCUT2D eigenvalue weighted by molar-refractivity contribution is -0.858. The number of benzene rings is 1. The van der Waals surface area contributed by atoms with Crippen LogP contribution in [-0.2, 0) is 10.0 Å². The number of rotatable bonds is 6. The fourth-order valence-corrected chi connectivity index (χ4v) is 5.86. The molecule has 0 amide bonds. The quantitative estimate of drug-likeness (QED) is 0.515. The zero-order valence-corrected chi connectivity index (χ0v) is 19.7. The molecule has 8 heteroatoms. The van der Waals surface area contributed by atoms with Gasteiger partial charge in [0, 0.05) is 39.1 Å². The summed E-state index contributed by atoms with van der Waals surface area (Å²) < 4.78 is 28.3. The molecule has 1 aliphatic rings. The SMILES string of the molecule is Cc1cc(C)c(C)c(S(=O)(=O)N2CCN(C(=S)NCCC[NH+](C)C)CC2)c1C. The molecule has 28 heavy (non-hydrogen) atoms. The van der Waals surface area contributed by atoms with Crippen molar-refractivity contribution in [3.8, 4) is 0 Å². The first-order valence-corrected chi connectivity index (χ1v) is 11.8. The molecule has 0 unspecified atom stereocenters. The number of aryl methyl sites for hydroxylation is 2. The Bertz CT molecular complexity index is 788. The largest absolute Gasteiger partial charge is 0.362 e. The van der Waals surface area contributed by atoms with E-state index in [-0.39, 0.29) is 0 Å². The third-order valence-corrected chi connectivity index (χ3v) is 8.13. The highest BCUT2D eigenvalue weighted by atomic mass is 32.2. The Kier molecular flexibility index (Phi) is 7.84. The smallest absolute Gasteiger partial charge is 0.243 e. The molecule has 0 aromatic heterocycles.